The highest BCUT2D eigenvalue weighted by Gasteiger charge is 2.22. The van der Waals surface area contributed by atoms with Crippen molar-refractivity contribution in [2.75, 3.05) is 0 Å². The molecule has 1 atom stereocenters. The lowest BCUT2D eigenvalue weighted by atomic mass is 9.96. The third-order valence-corrected chi connectivity index (χ3v) is 4.06. The molecule has 25 heavy (non-hydrogen) atoms. The first-order valence-electron chi connectivity index (χ1n) is 8.32. The summed E-state index contributed by atoms with van der Waals surface area (Å²) < 4.78 is 5.05. The summed E-state index contributed by atoms with van der Waals surface area (Å²) in [6.07, 6.45) is 3.97. The number of urea groups is 1. The van der Waals surface area contributed by atoms with Crippen molar-refractivity contribution in [2.45, 2.75) is 51.2 Å². The third-order valence-electron chi connectivity index (χ3n) is 4.06. The van der Waals surface area contributed by atoms with Crippen molar-refractivity contribution in [3.8, 4) is 6.07 Å². The first-order valence-corrected chi connectivity index (χ1v) is 8.32. The number of esters is 1. The molecular weight excluding hydrogens is 322 g/mol. The van der Waals surface area contributed by atoms with Crippen LogP contribution in [-0.2, 0) is 9.53 Å². The lowest BCUT2D eigenvalue weighted by Crippen LogP contribution is -2.48. The normalized spacial score (nSPS) is 15.5. The minimum absolute atomic E-state index is 0.0770. The van der Waals surface area contributed by atoms with Crippen molar-refractivity contribution in [2.24, 2.45) is 0 Å². The van der Waals surface area contributed by atoms with Crippen LogP contribution in [0.25, 0.3) is 0 Å². The van der Waals surface area contributed by atoms with Crippen LogP contribution in [0.5, 0.6) is 0 Å². The summed E-state index contributed by atoms with van der Waals surface area (Å²) in [5.41, 5.74) is 0.490. The zero-order chi connectivity index (χ0) is 18.2. The largest absolute Gasteiger partial charge is 0.449 e. The van der Waals surface area contributed by atoms with E-state index >= 15 is 0 Å². The molecule has 0 radical (unpaired) electrons. The maximum Gasteiger partial charge on any atom is 0.338 e. The van der Waals surface area contributed by atoms with Gasteiger partial charge in [-0.05, 0) is 38.0 Å². The molecule has 0 unspecified atom stereocenters. The Morgan fingerprint density at radius 1 is 1.24 bits per heavy atom. The molecule has 0 aliphatic heterocycles. The number of hydrogen-bond donors (Lipinski definition) is 2. The van der Waals surface area contributed by atoms with Gasteiger partial charge in [0, 0.05) is 6.04 Å². The van der Waals surface area contributed by atoms with E-state index in [0.29, 0.717) is 5.56 Å². The van der Waals surface area contributed by atoms with Gasteiger partial charge in [-0.15, -0.1) is 0 Å². The van der Waals surface area contributed by atoms with Gasteiger partial charge >= 0.3 is 12.0 Å². The highest BCUT2D eigenvalue weighted by Crippen LogP contribution is 2.17. The molecule has 1 saturated carbocycles. The minimum Gasteiger partial charge on any atom is -0.449 e. The minimum atomic E-state index is -1.13. The predicted molar refractivity (Wildman–Crippen MR) is 89.6 cm³/mol. The molecule has 2 rings (SSSR count). The van der Waals surface area contributed by atoms with Crippen molar-refractivity contribution in [1.82, 2.24) is 10.6 Å². The zero-order valence-electron chi connectivity index (χ0n) is 14.1. The average Bonchev–Trinajstić information content (AvgIpc) is 2.62. The summed E-state index contributed by atoms with van der Waals surface area (Å²) in [6.45, 7) is 1.38. The predicted octanol–water partition coefficient (Wildman–Crippen LogP) is 2.26. The molecule has 1 fully saturated rings. The number of rotatable bonds is 4. The van der Waals surface area contributed by atoms with E-state index < -0.39 is 24.0 Å². The van der Waals surface area contributed by atoms with E-state index in [-0.39, 0.29) is 11.6 Å². The number of nitriles is 1. The van der Waals surface area contributed by atoms with Gasteiger partial charge in [0.05, 0.1) is 17.2 Å². The first-order chi connectivity index (χ1) is 12.0. The number of benzene rings is 1. The van der Waals surface area contributed by atoms with Crippen LogP contribution in [0.3, 0.4) is 0 Å². The summed E-state index contributed by atoms with van der Waals surface area (Å²) >= 11 is 0. The summed E-state index contributed by atoms with van der Waals surface area (Å²) in [6, 6.07) is 7.40. The molecule has 0 spiro atoms. The Labute approximate surface area is 146 Å². The third kappa shape index (κ3) is 5.60. The lowest BCUT2D eigenvalue weighted by Gasteiger charge is -2.23. The molecule has 0 bridgehead atoms. The van der Waals surface area contributed by atoms with E-state index in [9.17, 15) is 14.4 Å². The summed E-state index contributed by atoms with van der Waals surface area (Å²) in [4.78, 5) is 35.8. The topological polar surface area (TPSA) is 108 Å². The second-order valence-corrected chi connectivity index (χ2v) is 6.04. The van der Waals surface area contributed by atoms with Crippen LogP contribution in [0.4, 0.5) is 4.79 Å². The Morgan fingerprint density at radius 3 is 2.64 bits per heavy atom. The number of nitrogens with one attached hydrogen (secondary N) is 2. The molecule has 3 amide bonds. The second kappa shape index (κ2) is 8.83. The quantitative estimate of drug-likeness (QED) is 0.815. The monoisotopic (exact) mass is 343 g/mol. The smallest absolute Gasteiger partial charge is 0.338 e. The van der Waals surface area contributed by atoms with Gasteiger partial charge in [-0.1, -0.05) is 25.3 Å². The number of hydrogen-bond acceptors (Lipinski definition) is 5. The van der Waals surface area contributed by atoms with Gasteiger partial charge < -0.3 is 10.1 Å². The van der Waals surface area contributed by atoms with E-state index in [2.05, 4.69) is 10.6 Å². The number of carbonyl (C=O) groups excluding carboxylic acids is 3. The number of ether oxygens (including phenoxy) is 1. The molecule has 0 saturated heterocycles. The van der Waals surface area contributed by atoms with Crippen LogP contribution in [0.15, 0.2) is 24.3 Å². The molecule has 0 aromatic heterocycles. The molecule has 1 aliphatic rings. The zero-order valence-corrected chi connectivity index (χ0v) is 14.1. The number of carbonyl (C=O) groups is 3. The van der Waals surface area contributed by atoms with E-state index in [1.807, 2.05) is 6.07 Å². The van der Waals surface area contributed by atoms with Gasteiger partial charge in [-0.2, -0.15) is 5.26 Å². The molecule has 7 nitrogen and oxygen atoms in total. The standard InChI is InChI=1S/C18H21N3O4/c1-12(25-17(23)14-7-5-6-13(10-14)11-19)16(22)21-18(24)20-15-8-3-2-4-9-15/h5-7,10,12,15H,2-4,8-9H2,1H3,(H2,20,21,22,24)/t12-/m0/s1. The lowest BCUT2D eigenvalue weighted by molar-refractivity contribution is -0.127. The summed E-state index contributed by atoms with van der Waals surface area (Å²) in [7, 11) is 0. The van der Waals surface area contributed by atoms with Gasteiger partial charge in [-0.25, -0.2) is 9.59 Å². The Morgan fingerprint density at radius 2 is 1.96 bits per heavy atom. The Kier molecular flexibility index (Phi) is 6.52. The number of nitrogens with zero attached hydrogens (tertiary/aromatic N) is 1. The molecule has 0 heterocycles. The van der Waals surface area contributed by atoms with Crippen molar-refractivity contribution in [1.29, 1.82) is 5.26 Å². The van der Waals surface area contributed by atoms with Gasteiger partial charge in [0.25, 0.3) is 5.91 Å². The van der Waals surface area contributed by atoms with E-state index in [1.165, 1.54) is 25.5 Å². The maximum absolute atomic E-state index is 12.0. The molecule has 1 aromatic rings. The van der Waals surface area contributed by atoms with Gasteiger partial charge in [-0.3, -0.25) is 10.1 Å². The van der Waals surface area contributed by atoms with Crippen LogP contribution in [0, 0.1) is 11.3 Å². The molecule has 2 N–H and O–H groups in total. The molecular formula is C18H21N3O4. The van der Waals surface area contributed by atoms with E-state index in [4.69, 9.17) is 10.00 Å². The van der Waals surface area contributed by atoms with E-state index in [0.717, 1.165) is 25.7 Å². The van der Waals surface area contributed by atoms with Crippen LogP contribution in [0.1, 0.15) is 54.9 Å². The first kappa shape index (κ1) is 18.5. The SMILES string of the molecule is C[C@H](OC(=O)c1cccc(C#N)c1)C(=O)NC(=O)NC1CCCCC1. The Hall–Kier alpha value is -2.88. The van der Waals surface area contributed by atoms with Gasteiger partial charge in [0.15, 0.2) is 6.10 Å². The fourth-order valence-corrected chi connectivity index (χ4v) is 2.68. The van der Waals surface area contributed by atoms with Crippen LogP contribution in [-0.4, -0.2) is 30.1 Å². The molecule has 1 aliphatic carbocycles. The van der Waals surface area contributed by atoms with Crippen LogP contribution < -0.4 is 10.6 Å². The Balaban J connectivity index is 1.83. The van der Waals surface area contributed by atoms with Gasteiger partial charge in [0.1, 0.15) is 0 Å². The number of imide groups is 1. The average molecular weight is 343 g/mol. The molecule has 7 heteroatoms. The van der Waals surface area contributed by atoms with E-state index in [1.54, 1.807) is 12.1 Å². The highest BCUT2D eigenvalue weighted by atomic mass is 16.5. The highest BCUT2D eigenvalue weighted by molar-refractivity contribution is 5.98. The second-order valence-electron chi connectivity index (χ2n) is 6.04. The van der Waals surface area contributed by atoms with Gasteiger partial charge in [0.2, 0.25) is 0 Å². The summed E-state index contributed by atoms with van der Waals surface area (Å²) in [5, 5.41) is 13.8. The van der Waals surface area contributed by atoms with Crippen LogP contribution >= 0.6 is 0 Å². The fraction of sp³-hybridized carbons (Fsp3) is 0.444. The maximum atomic E-state index is 12.0. The van der Waals surface area contributed by atoms with Crippen molar-refractivity contribution >= 4 is 17.9 Å². The Bertz CT molecular complexity index is 690. The van der Waals surface area contributed by atoms with Crippen LogP contribution in [0.2, 0.25) is 0 Å². The van der Waals surface area contributed by atoms with Crippen molar-refractivity contribution in [3.05, 3.63) is 35.4 Å². The van der Waals surface area contributed by atoms with Crippen molar-refractivity contribution in [3.63, 3.8) is 0 Å². The fourth-order valence-electron chi connectivity index (χ4n) is 2.68. The summed E-state index contributed by atoms with van der Waals surface area (Å²) in [5.74, 6) is -1.43. The number of amides is 3. The molecule has 1 aromatic carbocycles. The molecule has 132 valence electrons. The van der Waals surface area contributed by atoms with Crippen molar-refractivity contribution < 1.29 is 19.1 Å².